The predicted octanol–water partition coefficient (Wildman–Crippen LogP) is 4.25. The first-order chi connectivity index (χ1) is 12.7. The van der Waals surface area contributed by atoms with E-state index in [0.29, 0.717) is 24.3 Å². The second kappa shape index (κ2) is 8.59. The Morgan fingerprint density at radius 3 is 2.19 bits per heavy atom. The van der Waals surface area contributed by atoms with E-state index in [-0.39, 0.29) is 36.1 Å². The maximum atomic E-state index is 12.8. The number of aryl methyl sites for hydroxylation is 2. The van der Waals surface area contributed by atoms with E-state index in [0.717, 1.165) is 22.3 Å². The van der Waals surface area contributed by atoms with E-state index < -0.39 is 5.92 Å². The highest BCUT2D eigenvalue weighted by molar-refractivity contribution is 6.22. The first-order valence-corrected chi connectivity index (χ1v) is 9.58. The number of rotatable bonds is 6. The molecule has 0 heterocycles. The standard InChI is InChI=1S/C22H29NO4/c1-7-17(23-27-8-2)22-18(25)10-16(11-19(22)26)21-13(4)9-12(3)20(14(21)5)15(6)24/h9,16,22H,7-8,10-11H2,1-6H3/b23-17+. The summed E-state index contributed by atoms with van der Waals surface area (Å²) in [4.78, 5) is 42.8. The van der Waals surface area contributed by atoms with Gasteiger partial charge in [-0.3, -0.25) is 14.4 Å². The van der Waals surface area contributed by atoms with Crippen molar-refractivity contribution in [2.45, 2.75) is 66.7 Å². The van der Waals surface area contributed by atoms with Crippen molar-refractivity contribution in [3.05, 3.63) is 33.9 Å². The first-order valence-electron chi connectivity index (χ1n) is 9.58. The fourth-order valence-electron chi connectivity index (χ4n) is 4.39. The Balaban J connectivity index is 2.41. The van der Waals surface area contributed by atoms with Crippen molar-refractivity contribution < 1.29 is 19.2 Å². The average molecular weight is 371 g/mol. The number of ketones is 3. The molecule has 0 atom stereocenters. The summed E-state index contributed by atoms with van der Waals surface area (Å²) in [5, 5.41) is 4.00. The molecule has 0 bridgehead atoms. The summed E-state index contributed by atoms with van der Waals surface area (Å²) in [6, 6.07) is 1.98. The van der Waals surface area contributed by atoms with Gasteiger partial charge in [0, 0.05) is 18.4 Å². The van der Waals surface area contributed by atoms with Crippen LogP contribution >= 0.6 is 0 Å². The van der Waals surface area contributed by atoms with Gasteiger partial charge in [0.1, 0.15) is 24.1 Å². The van der Waals surface area contributed by atoms with Gasteiger partial charge < -0.3 is 4.84 Å². The lowest BCUT2D eigenvalue weighted by atomic mass is 9.72. The van der Waals surface area contributed by atoms with Gasteiger partial charge in [-0.15, -0.1) is 0 Å². The van der Waals surface area contributed by atoms with Crippen molar-refractivity contribution in [3.63, 3.8) is 0 Å². The minimum absolute atomic E-state index is 0.00899. The largest absolute Gasteiger partial charge is 0.396 e. The lowest BCUT2D eigenvalue weighted by Crippen LogP contribution is -2.38. The van der Waals surface area contributed by atoms with Crippen LogP contribution in [0.1, 0.15) is 78.6 Å². The molecule has 0 unspecified atom stereocenters. The Kier molecular flexibility index (Phi) is 6.68. The van der Waals surface area contributed by atoms with Gasteiger partial charge in [0.25, 0.3) is 0 Å². The third kappa shape index (κ3) is 4.18. The topological polar surface area (TPSA) is 72.8 Å². The minimum atomic E-state index is -0.795. The van der Waals surface area contributed by atoms with Gasteiger partial charge in [0.2, 0.25) is 0 Å². The zero-order chi connectivity index (χ0) is 20.3. The van der Waals surface area contributed by atoms with Crippen LogP contribution in [0.3, 0.4) is 0 Å². The van der Waals surface area contributed by atoms with Crippen molar-refractivity contribution in [2.75, 3.05) is 6.61 Å². The highest BCUT2D eigenvalue weighted by Gasteiger charge is 2.40. The smallest absolute Gasteiger partial charge is 0.160 e. The highest BCUT2D eigenvalue weighted by Crippen LogP contribution is 2.38. The molecule has 1 aliphatic rings. The van der Waals surface area contributed by atoms with E-state index in [4.69, 9.17) is 4.84 Å². The van der Waals surface area contributed by atoms with Crippen LogP contribution in [-0.4, -0.2) is 29.7 Å². The molecule has 0 spiro atoms. The average Bonchev–Trinajstić information content (AvgIpc) is 2.56. The van der Waals surface area contributed by atoms with Gasteiger partial charge in [-0.2, -0.15) is 0 Å². The molecule has 1 fully saturated rings. The quantitative estimate of drug-likeness (QED) is 0.324. The lowest BCUT2D eigenvalue weighted by Gasteiger charge is -2.30. The number of carbonyl (C=O) groups is 3. The normalized spacial score (nSPS) is 20.7. The molecule has 1 aromatic rings. The summed E-state index contributed by atoms with van der Waals surface area (Å²) >= 11 is 0. The van der Waals surface area contributed by atoms with Crippen molar-refractivity contribution in [1.29, 1.82) is 0 Å². The van der Waals surface area contributed by atoms with Gasteiger partial charge in [0.05, 0.1) is 5.71 Å². The SMILES string of the molecule is CCO/N=C(\CC)C1C(=O)CC(c2c(C)cc(C)c(C(C)=O)c2C)CC1=O. The van der Waals surface area contributed by atoms with Crippen LogP contribution in [0, 0.1) is 26.7 Å². The molecule has 0 saturated heterocycles. The van der Waals surface area contributed by atoms with Gasteiger partial charge in [-0.25, -0.2) is 0 Å². The molecular weight excluding hydrogens is 342 g/mol. The summed E-state index contributed by atoms with van der Waals surface area (Å²) in [5.74, 6) is -1.20. The molecule has 5 nitrogen and oxygen atoms in total. The number of hydrogen-bond donors (Lipinski definition) is 0. The Labute approximate surface area is 161 Å². The first kappa shape index (κ1) is 21.0. The van der Waals surface area contributed by atoms with Gasteiger partial charge in [-0.05, 0) is 69.2 Å². The third-order valence-electron chi connectivity index (χ3n) is 5.34. The number of oxime groups is 1. The number of carbonyl (C=O) groups excluding carboxylic acids is 3. The van der Waals surface area contributed by atoms with Crippen LogP contribution in [0.15, 0.2) is 11.2 Å². The van der Waals surface area contributed by atoms with Crippen molar-refractivity contribution >= 4 is 23.1 Å². The predicted molar refractivity (Wildman–Crippen MR) is 105 cm³/mol. The minimum Gasteiger partial charge on any atom is -0.396 e. The Morgan fingerprint density at radius 2 is 1.70 bits per heavy atom. The molecule has 0 radical (unpaired) electrons. The highest BCUT2D eigenvalue weighted by atomic mass is 16.6. The second-order valence-corrected chi connectivity index (χ2v) is 7.30. The van der Waals surface area contributed by atoms with Crippen LogP contribution < -0.4 is 0 Å². The van der Waals surface area contributed by atoms with Crippen molar-refractivity contribution in [3.8, 4) is 0 Å². The lowest BCUT2D eigenvalue weighted by molar-refractivity contribution is -0.133. The summed E-state index contributed by atoms with van der Waals surface area (Å²) in [5.41, 5.74) is 5.02. The fourth-order valence-corrected chi connectivity index (χ4v) is 4.39. The van der Waals surface area contributed by atoms with Crippen molar-refractivity contribution in [2.24, 2.45) is 11.1 Å². The van der Waals surface area contributed by atoms with Crippen LogP contribution in [-0.2, 0) is 14.4 Å². The van der Waals surface area contributed by atoms with Crippen LogP contribution in [0.5, 0.6) is 0 Å². The summed E-state index contributed by atoms with van der Waals surface area (Å²) < 4.78 is 0. The number of Topliss-reactive ketones (excluding diaryl/α,β-unsaturated/α-hetero) is 3. The molecule has 2 rings (SSSR count). The van der Waals surface area contributed by atoms with E-state index in [2.05, 4.69) is 5.16 Å². The second-order valence-electron chi connectivity index (χ2n) is 7.30. The maximum Gasteiger partial charge on any atom is 0.160 e. The summed E-state index contributed by atoms with van der Waals surface area (Å²) in [6.07, 6.45) is 1.07. The van der Waals surface area contributed by atoms with Crippen LogP contribution in [0.25, 0.3) is 0 Å². The van der Waals surface area contributed by atoms with Crippen LogP contribution in [0.2, 0.25) is 0 Å². The molecule has 0 aromatic heterocycles. The molecule has 5 heteroatoms. The molecule has 0 amide bonds. The zero-order valence-corrected chi connectivity index (χ0v) is 17.1. The molecule has 0 aliphatic heterocycles. The molecule has 0 N–H and O–H groups in total. The van der Waals surface area contributed by atoms with Crippen molar-refractivity contribution in [1.82, 2.24) is 0 Å². The number of nitrogens with zero attached hydrogens (tertiary/aromatic N) is 1. The summed E-state index contributed by atoms with van der Waals surface area (Å²) in [6.45, 7) is 11.5. The third-order valence-corrected chi connectivity index (χ3v) is 5.34. The number of benzene rings is 1. The Hall–Kier alpha value is -2.30. The van der Waals surface area contributed by atoms with Gasteiger partial charge in [0.15, 0.2) is 5.78 Å². The zero-order valence-electron chi connectivity index (χ0n) is 17.1. The molecule has 146 valence electrons. The fraction of sp³-hybridized carbons (Fsp3) is 0.545. The van der Waals surface area contributed by atoms with E-state index >= 15 is 0 Å². The molecule has 1 saturated carbocycles. The molecule has 1 aromatic carbocycles. The van der Waals surface area contributed by atoms with E-state index in [9.17, 15) is 14.4 Å². The molecular formula is C22H29NO4. The maximum absolute atomic E-state index is 12.8. The Morgan fingerprint density at radius 1 is 1.11 bits per heavy atom. The molecule has 1 aliphatic carbocycles. The number of hydrogen-bond acceptors (Lipinski definition) is 5. The molecule has 27 heavy (non-hydrogen) atoms. The van der Waals surface area contributed by atoms with Crippen LogP contribution in [0.4, 0.5) is 0 Å². The monoisotopic (exact) mass is 371 g/mol. The van der Waals surface area contributed by atoms with E-state index in [1.165, 1.54) is 0 Å². The van der Waals surface area contributed by atoms with E-state index in [1.807, 2.05) is 40.7 Å². The Bertz CT molecular complexity index is 789. The summed E-state index contributed by atoms with van der Waals surface area (Å²) in [7, 11) is 0. The van der Waals surface area contributed by atoms with Gasteiger partial charge >= 0.3 is 0 Å². The van der Waals surface area contributed by atoms with E-state index in [1.54, 1.807) is 6.92 Å². The van der Waals surface area contributed by atoms with Gasteiger partial charge in [-0.1, -0.05) is 18.1 Å².